The number of thiophene rings is 1. The number of aromatic nitrogens is 1. The van der Waals surface area contributed by atoms with Crippen molar-refractivity contribution < 1.29 is 4.39 Å². The molecule has 0 saturated carbocycles. The van der Waals surface area contributed by atoms with Crippen LogP contribution in [-0.2, 0) is 0 Å². The topological polar surface area (TPSA) is 17.2 Å². The van der Waals surface area contributed by atoms with Gasteiger partial charge in [-0.15, -0.1) is 11.3 Å². The molecule has 0 saturated heterocycles. The molecule has 0 unspecified atom stereocenters. The van der Waals surface area contributed by atoms with Crippen LogP contribution in [0.3, 0.4) is 0 Å². The molecule has 2 nitrogen and oxygen atoms in total. The summed E-state index contributed by atoms with van der Waals surface area (Å²) in [5.41, 5.74) is 1.92. The normalized spacial score (nSPS) is 10.9. The van der Waals surface area contributed by atoms with Crippen molar-refractivity contribution in [1.82, 2.24) is 4.98 Å². The highest BCUT2D eigenvalue weighted by Gasteiger charge is 2.15. The van der Waals surface area contributed by atoms with Crippen molar-refractivity contribution in [2.24, 2.45) is 0 Å². The minimum atomic E-state index is -0.430. The molecule has 2 aromatic heterocycles. The van der Waals surface area contributed by atoms with Crippen molar-refractivity contribution >= 4 is 37.2 Å². The summed E-state index contributed by atoms with van der Waals surface area (Å²) in [6.45, 7) is 7.05. The highest BCUT2D eigenvalue weighted by atomic mass is 32.1. The molecule has 2 aromatic carbocycles. The Morgan fingerprint density at radius 2 is 1.82 bits per heavy atom. The van der Waals surface area contributed by atoms with Crippen LogP contribution in [0.5, 0.6) is 0 Å². The van der Waals surface area contributed by atoms with E-state index in [-0.39, 0.29) is 5.69 Å². The van der Waals surface area contributed by atoms with E-state index in [1.807, 2.05) is 42.5 Å². The van der Waals surface area contributed by atoms with Gasteiger partial charge >= 0.3 is 0 Å². The number of fused-ring (bicyclic) bond motifs is 3. The number of halogens is 1. The second kappa shape index (κ2) is 4.90. The van der Waals surface area contributed by atoms with Gasteiger partial charge < -0.3 is 0 Å². The van der Waals surface area contributed by atoms with Crippen LogP contribution in [0, 0.1) is 12.4 Å². The van der Waals surface area contributed by atoms with E-state index in [4.69, 9.17) is 6.57 Å². The van der Waals surface area contributed by atoms with Crippen LogP contribution in [0.1, 0.15) is 0 Å². The summed E-state index contributed by atoms with van der Waals surface area (Å²) in [5.74, 6) is -0.430. The Kier molecular flexibility index (Phi) is 2.88. The second-order valence-corrected chi connectivity index (χ2v) is 5.91. The van der Waals surface area contributed by atoms with Gasteiger partial charge in [0.25, 0.3) is 0 Å². The molecule has 104 valence electrons. The van der Waals surface area contributed by atoms with E-state index in [0.29, 0.717) is 4.70 Å². The van der Waals surface area contributed by atoms with Crippen LogP contribution in [-0.4, -0.2) is 4.98 Å². The lowest BCUT2D eigenvalue weighted by atomic mass is 10.1. The van der Waals surface area contributed by atoms with Crippen molar-refractivity contribution in [1.29, 1.82) is 0 Å². The zero-order valence-electron chi connectivity index (χ0n) is 11.4. The zero-order valence-corrected chi connectivity index (χ0v) is 12.2. The number of pyridine rings is 1. The maximum Gasteiger partial charge on any atom is 0.223 e. The van der Waals surface area contributed by atoms with Crippen molar-refractivity contribution in [3.63, 3.8) is 0 Å². The summed E-state index contributed by atoms with van der Waals surface area (Å²) in [7, 11) is 0. The molecule has 0 aliphatic heterocycles. The van der Waals surface area contributed by atoms with Crippen molar-refractivity contribution in [2.45, 2.75) is 0 Å². The van der Waals surface area contributed by atoms with Gasteiger partial charge in [-0.3, -0.25) is 4.98 Å². The molecule has 0 spiro atoms. The number of nitrogens with zero attached hydrogens (tertiary/aromatic N) is 2. The van der Waals surface area contributed by atoms with Crippen molar-refractivity contribution in [2.75, 3.05) is 0 Å². The highest BCUT2D eigenvalue weighted by Crippen LogP contribution is 2.42. The Balaban J connectivity index is 2.12. The lowest BCUT2D eigenvalue weighted by Gasteiger charge is -2.01. The van der Waals surface area contributed by atoms with Gasteiger partial charge in [-0.1, -0.05) is 36.4 Å². The fourth-order valence-electron chi connectivity index (χ4n) is 2.63. The van der Waals surface area contributed by atoms with Gasteiger partial charge in [0.15, 0.2) is 0 Å². The third-order valence-electron chi connectivity index (χ3n) is 3.65. The van der Waals surface area contributed by atoms with Gasteiger partial charge in [-0.05, 0) is 12.1 Å². The van der Waals surface area contributed by atoms with Crippen LogP contribution in [0.25, 0.3) is 36.3 Å². The summed E-state index contributed by atoms with van der Waals surface area (Å²) in [6.07, 6.45) is 1.75. The number of hydrogen-bond acceptors (Lipinski definition) is 2. The Morgan fingerprint density at radius 3 is 2.59 bits per heavy atom. The lowest BCUT2D eigenvalue weighted by molar-refractivity contribution is 0.647. The molecule has 0 radical (unpaired) electrons. The summed E-state index contributed by atoms with van der Waals surface area (Å²) >= 11 is 1.38. The van der Waals surface area contributed by atoms with Gasteiger partial charge in [-0.25, -0.2) is 9.24 Å². The maximum absolute atomic E-state index is 14.4. The van der Waals surface area contributed by atoms with Gasteiger partial charge in [-0.2, -0.15) is 0 Å². The van der Waals surface area contributed by atoms with Gasteiger partial charge in [0.2, 0.25) is 5.69 Å². The smallest absolute Gasteiger partial charge is 0.223 e. The van der Waals surface area contributed by atoms with Crippen LogP contribution >= 0.6 is 11.3 Å². The monoisotopic (exact) mass is 304 g/mol. The minimum Gasteiger partial charge on any atom is -0.256 e. The Labute approximate surface area is 130 Å². The Morgan fingerprint density at radius 1 is 0.955 bits per heavy atom. The van der Waals surface area contributed by atoms with E-state index in [9.17, 15) is 4.39 Å². The molecule has 0 aliphatic carbocycles. The second-order valence-electron chi connectivity index (χ2n) is 4.89. The number of rotatable bonds is 1. The molecule has 0 bridgehead atoms. The average Bonchev–Trinajstić information content (AvgIpc) is 2.96. The fraction of sp³-hybridized carbons (Fsp3) is 0. The SMILES string of the molecule is [C-]#[N+]c1ccc2c(sc3c(-c4ccccn4)cccc32)c1F. The Bertz CT molecular complexity index is 1050. The molecule has 4 rings (SSSR count). The first-order chi connectivity index (χ1) is 10.8. The number of hydrogen-bond donors (Lipinski definition) is 0. The first kappa shape index (κ1) is 12.9. The Hall–Kier alpha value is -2.77. The van der Waals surface area contributed by atoms with Gasteiger partial charge in [0.05, 0.1) is 17.0 Å². The predicted octanol–water partition coefficient (Wildman–Crippen LogP) is 5.81. The van der Waals surface area contributed by atoms with E-state index in [1.54, 1.807) is 12.3 Å². The molecule has 0 N–H and O–H groups in total. The maximum atomic E-state index is 14.4. The van der Waals surface area contributed by atoms with Crippen molar-refractivity contribution in [3.8, 4) is 11.3 Å². The van der Waals surface area contributed by atoms with Gasteiger partial charge in [0, 0.05) is 27.2 Å². The molecule has 0 aliphatic rings. The van der Waals surface area contributed by atoms with E-state index >= 15 is 0 Å². The van der Waals surface area contributed by atoms with E-state index in [0.717, 1.165) is 26.7 Å². The molecular weight excluding hydrogens is 295 g/mol. The summed E-state index contributed by atoms with van der Waals surface area (Å²) in [4.78, 5) is 7.63. The molecule has 2 heterocycles. The summed E-state index contributed by atoms with van der Waals surface area (Å²) in [5, 5.41) is 1.85. The van der Waals surface area contributed by atoms with Crippen molar-refractivity contribution in [3.05, 3.63) is 72.0 Å². The first-order valence-electron chi connectivity index (χ1n) is 6.72. The van der Waals surface area contributed by atoms with Gasteiger partial charge in [0.1, 0.15) is 5.82 Å². The minimum absolute atomic E-state index is 0.0680. The van der Waals surface area contributed by atoms with E-state index in [2.05, 4.69) is 9.83 Å². The van der Waals surface area contributed by atoms with Crippen LogP contribution in [0.15, 0.2) is 54.7 Å². The predicted molar refractivity (Wildman–Crippen MR) is 88.8 cm³/mol. The molecule has 0 atom stereocenters. The molecule has 4 aromatic rings. The largest absolute Gasteiger partial charge is 0.256 e. The molecule has 0 fully saturated rings. The first-order valence-corrected chi connectivity index (χ1v) is 7.54. The molecule has 4 heteroatoms. The van der Waals surface area contributed by atoms with Crippen LogP contribution < -0.4 is 0 Å². The van der Waals surface area contributed by atoms with Crippen LogP contribution in [0.2, 0.25) is 0 Å². The lowest BCUT2D eigenvalue weighted by Crippen LogP contribution is -1.81. The molecule has 22 heavy (non-hydrogen) atoms. The number of benzene rings is 2. The zero-order chi connectivity index (χ0) is 15.1. The molecular formula is C18H9FN2S. The average molecular weight is 304 g/mol. The highest BCUT2D eigenvalue weighted by molar-refractivity contribution is 7.26. The van der Waals surface area contributed by atoms with E-state index < -0.39 is 5.82 Å². The van der Waals surface area contributed by atoms with Crippen LogP contribution in [0.4, 0.5) is 10.1 Å². The third-order valence-corrected chi connectivity index (χ3v) is 4.89. The summed E-state index contributed by atoms with van der Waals surface area (Å²) < 4.78 is 16.0. The fourth-order valence-corrected chi connectivity index (χ4v) is 3.89. The van der Waals surface area contributed by atoms with E-state index in [1.165, 1.54) is 11.3 Å². The third kappa shape index (κ3) is 1.80. The molecule has 0 amide bonds. The summed E-state index contributed by atoms with van der Waals surface area (Å²) in [6, 6.07) is 15.1. The standard InChI is InChI=1S/C18H9FN2S/c1-20-15-9-8-12-11-5-4-6-13(14-7-2-3-10-21-14)17(11)22-18(12)16(15)19/h2-10H. The quantitative estimate of drug-likeness (QED) is 0.406.